The summed E-state index contributed by atoms with van der Waals surface area (Å²) in [6.07, 6.45) is 1.94. The lowest BCUT2D eigenvalue weighted by atomic mass is 10.0. The molecule has 3 atom stereocenters. The summed E-state index contributed by atoms with van der Waals surface area (Å²) in [6, 6.07) is -0.00747. The van der Waals surface area contributed by atoms with Crippen molar-refractivity contribution < 1.29 is 15.0 Å². The van der Waals surface area contributed by atoms with Gasteiger partial charge in [0.05, 0.1) is 5.92 Å². The molecule has 0 aliphatic rings. The van der Waals surface area contributed by atoms with Crippen LogP contribution in [0.5, 0.6) is 0 Å². The summed E-state index contributed by atoms with van der Waals surface area (Å²) < 4.78 is 0. The fourth-order valence-electron chi connectivity index (χ4n) is 1.26. The third-order valence-electron chi connectivity index (χ3n) is 2.79. The second-order valence-corrected chi connectivity index (χ2v) is 4.30. The highest BCUT2D eigenvalue weighted by Gasteiger charge is 2.18. The molecule has 0 spiro atoms. The van der Waals surface area contributed by atoms with Gasteiger partial charge >= 0.3 is 5.97 Å². The first-order chi connectivity index (χ1) is 6.99. The standard InChI is InChI=1S/C11H23NO3/c1-8(7-13)5-4-6-12-10(3)9(2)11(14)15/h8-10,12-13H,4-7H2,1-3H3,(H,14,15). The Bertz CT molecular complexity index is 185. The highest BCUT2D eigenvalue weighted by atomic mass is 16.4. The van der Waals surface area contributed by atoms with E-state index in [1.54, 1.807) is 6.92 Å². The zero-order valence-corrected chi connectivity index (χ0v) is 9.86. The summed E-state index contributed by atoms with van der Waals surface area (Å²) >= 11 is 0. The lowest BCUT2D eigenvalue weighted by molar-refractivity contribution is -0.141. The van der Waals surface area contributed by atoms with E-state index in [-0.39, 0.29) is 18.6 Å². The van der Waals surface area contributed by atoms with Gasteiger partial charge in [0.15, 0.2) is 0 Å². The van der Waals surface area contributed by atoms with Crippen molar-refractivity contribution in [3.05, 3.63) is 0 Å². The third-order valence-corrected chi connectivity index (χ3v) is 2.79. The minimum absolute atomic E-state index is 0.00747. The predicted octanol–water partition coefficient (Wildman–Crippen LogP) is 1.09. The van der Waals surface area contributed by atoms with Crippen LogP contribution in [0.2, 0.25) is 0 Å². The molecule has 4 nitrogen and oxygen atoms in total. The highest BCUT2D eigenvalue weighted by molar-refractivity contribution is 5.70. The van der Waals surface area contributed by atoms with Crippen molar-refractivity contribution in [3.8, 4) is 0 Å². The van der Waals surface area contributed by atoms with Crippen molar-refractivity contribution in [3.63, 3.8) is 0 Å². The van der Waals surface area contributed by atoms with Crippen LogP contribution in [0, 0.1) is 11.8 Å². The number of nitrogens with one attached hydrogen (secondary N) is 1. The number of carboxylic acid groups (broad SMARTS) is 1. The van der Waals surface area contributed by atoms with Gasteiger partial charge in [0.25, 0.3) is 0 Å². The Balaban J connectivity index is 3.55. The second-order valence-electron chi connectivity index (χ2n) is 4.30. The topological polar surface area (TPSA) is 69.6 Å². The Morgan fingerprint density at radius 1 is 1.33 bits per heavy atom. The summed E-state index contributed by atoms with van der Waals surface area (Å²) in [5.74, 6) is -0.794. The molecule has 90 valence electrons. The number of aliphatic hydroxyl groups is 1. The Hall–Kier alpha value is -0.610. The maximum Gasteiger partial charge on any atom is 0.307 e. The Morgan fingerprint density at radius 3 is 2.40 bits per heavy atom. The fraction of sp³-hybridized carbons (Fsp3) is 0.909. The maximum absolute atomic E-state index is 10.7. The van der Waals surface area contributed by atoms with E-state index in [2.05, 4.69) is 5.32 Å². The molecule has 0 aromatic carbocycles. The van der Waals surface area contributed by atoms with E-state index in [0.29, 0.717) is 5.92 Å². The van der Waals surface area contributed by atoms with E-state index >= 15 is 0 Å². The molecule has 0 aliphatic heterocycles. The zero-order chi connectivity index (χ0) is 11.8. The fourth-order valence-corrected chi connectivity index (χ4v) is 1.26. The quantitative estimate of drug-likeness (QED) is 0.532. The molecule has 0 saturated carbocycles. The van der Waals surface area contributed by atoms with Gasteiger partial charge in [-0.2, -0.15) is 0 Å². The first-order valence-electron chi connectivity index (χ1n) is 5.56. The first-order valence-corrected chi connectivity index (χ1v) is 5.56. The molecule has 0 fully saturated rings. The van der Waals surface area contributed by atoms with E-state index in [0.717, 1.165) is 19.4 Å². The molecule has 0 saturated heterocycles. The van der Waals surface area contributed by atoms with Crippen molar-refractivity contribution in [2.45, 2.75) is 39.7 Å². The van der Waals surface area contributed by atoms with Gasteiger partial charge in [-0.1, -0.05) is 13.8 Å². The summed E-state index contributed by atoms with van der Waals surface area (Å²) in [6.45, 7) is 6.62. The van der Waals surface area contributed by atoms with Gasteiger partial charge in [0, 0.05) is 12.6 Å². The van der Waals surface area contributed by atoms with Crippen LogP contribution < -0.4 is 5.32 Å². The van der Waals surface area contributed by atoms with Crippen molar-refractivity contribution in [1.82, 2.24) is 5.32 Å². The summed E-state index contributed by atoms with van der Waals surface area (Å²) in [5.41, 5.74) is 0. The Kier molecular flexibility index (Phi) is 7.34. The van der Waals surface area contributed by atoms with Crippen LogP contribution in [0.3, 0.4) is 0 Å². The van der Waals surface area contributed by atoms with Crippen LogP contribution >= 0.6 is 0 Å². The van der Waals surface area contributed by atoms with E-state index in [1.165, 1.54) is 0 Å². The molecule has 4 heteroatoms. The van der Waals surface area contributed by atoms with Crippen LogP contribution in [0.25, 0.3) is 0 Å². The van der Waals surface area contributed by atoms with Crippen molar-refractivity contribution in [2.75, 3.05) is 13.2 Å². The molecule has 0 amide bonds. The third kappa shape index (κ3) is 6.47. The Morgan fingerprint density at radius 2 is 1.93 bits per heavy atom. The summed E-state index contributed by atoms with van der Waals surface area (Å²) in [7, 11) is 0. The number of aliphatic carboxylic acids is 1. The van der Waals surface area contributed by atoms with Crippen LogP contribution in [-0.4, -0.2) is 35.4 Å². The molecule has 0 radical (unpaired) electrons. The highest BCUT2D eigenvalue weighted by Crippen LogP contribution is 2.05. The molecule has 3 N–H and O–H groups in total. The molecule has 0 aromatic rings. The number of carboxylic acids is 1. The zero-order valence-electron chi connectivity index (χ0n) is 9.86. The number of carbonyl (C=O) groups is 1. The SMILES string of the molecule is CC(CO)CCCNC(C)C(C)C(=O)O. The van der Waals surface area contributed by atoms with Gasteiger partial charge < -0.3 is 15.5 Å². The first kappa shape index (κ1) is 14.4. The monoisotopic (exact) mass is 217 g/mol. The minimum atomic E-state index is -0.765. The number of hydrogen-bond acceptors (Lipinski definition) is 3. The summed E-state index contributed by atoms with van der Waals surface area (Å²) in [4.78, 5) is 10.7. The molecule has 3 unspecified atom stereocenters. The van der Waals surface area contributed by atoms with E-state index in [4.69, 9.17) is 10.2 Å². The van der Waals surface area contributed by atoms with E-state index in [1.807, 2.05) is 13.8 Å². The molecular weight excluding hydrogens is 194 g/mol. The van der Waals surface area contributed by atoms with Crippen LogP contribution in [-0.2, 0) is 4.79 Å². The lowest BCUT2D eigenvalue weighted by Crippen LogP contribution is -2.36. The van der Waals surface area contributed by atoms with E-state index in [9.17, 15) is 4.79 Å². The Labute approximate surface area is 91.7 Å². The largest absolute Gasteiger partial charge is 0.481 e. The van der Waals surface area contributed by atoms with E-state index < -0.39 is 5.97 Å². The number of rotatable bonds is 8. The maximum atomic E-state index is 10.7. The molecule has 0 aliphatic carbocycles. The van der Waals surface area contributed by atoms with Gasteiger partial charge in [0.1, 0.15) is 0 Å². The molecule has 0 aromatic heterocycles. The lowest BCUT2D eigenvalue weighted by Gasteiger charge is -2.18. The second kappa shape index (κ2) is 7.65. The summed E-state index contributed by atoms with van der Waals surface area (Å²) in [5, 5.41) is 20.7. The van der Waals surface area contributed by atoms with Crippen LogP contribution in [0.4, 0.5) is 0 Å². The minimum Gasteiger partial charge on any atom is -0.481 e. The van der Waals surface area contributed by atoms with Crippen molar-refractivity contribution in [1.29, 1.82) is 0 Å². The number of hydrogen-bond donors (Lipinski definition) is 3. The molecule has 0 rings (SSSR count). The number of aliphatic hydroxyl groups excluding tert-OH is 1. The molecule has 0 bridgehead atoms. The van der Waals surface area contributed by atoms with Gasteiger partial charge in [-0.05, 0) is 32.2 Å². The average molecular weight is 217 g/mol. The van der Waals surface area contributed by atoms with Gasteiger partial charge in [-0.25, -0.2) is 0 Å². The smallest absolute Gasteiger partial charge is 0.307 e. The van der Waals surface area contributed by atoms with Gasteiger partial charge in [-0.15, -0.1) is 0 Å². The van der Waals surface area contributed by atoms with Gasteiger partial charge in [-0.3, -0.25) is 4.79 Å². The normalized spacial score (nSPS) is 17.1. The van der Waals surface area contributed by atoms with Crippen LogP contribution in [0.15, 0.2) is 0 Å². The van der Waals surface area contributed by atoms with Crippen molar-refractivity contribution >= 4 is 5.97 Å². The molecule has 15 heavy (non-hydrogen) atoms. The van der Waals surface area contributed by atoms with Crippen LogP contribution in [0.1, 0.15) is 33.6 Å². The molecular formula is C11H23NO3. The van der Waals surface area contributed by atoms with Crippen molar-refractivity contribution in [2.24, 2.45) is 11.8 Å². The average Bonchev–Trinajstić information content (AvgIpc) is 2.22. The molecule has 0 heterocycles. The van der Waals surface area contributed by atoms with Gasteiger partial charge in [0.2, 0.25) is 0 Å². The predicted molar refractivity (Wildman–Crippen MR) is 59.7 cm³/mol.